The zero-order valence-electron chi connectivity index (χ0n) is 13.4. The summed E-state index contributed by atoms with van der Waals surface area (Å²) in [6, 6.07) is 7.35. The first kappa shape index (κ1) is 18.5. The van der Waals surface area contributed by atoms with Crippen molar-refractivity contribution in [3.63, 3.8) is 0 Å². The van der Waals surface area contributed by atoms with Gasteiger partial charge in [-0.15, -0.1) is 10.2 Å². The first-order chi connectivity index (χ1) is 11.9. The largest absolute Gasteiger partial charge is 0.481 e. The number of carbonyl (C=O) groups excluding carboxylic acids is 1. The zero-order chi connectivity index (χ0) is 18.4. The van der Waals surface area contributed by atoms with E-state index in [1.54, 1.807) is 6.07 Å². The van der Waals surface area contributed by atoms with Gasteiger partial charge in [0.2, 0.25) is 11.1 Å². The number of aryl methyl sites for hydroxylation is 2. The second kappa shape index (κ2) is 8.29. The summed E-state index contributed by atoms with van der Waals surface area (Å²) < 4.78 is 0.774. The van der Waals surface area contributed by atoms with Crippen molar-refractivity contribution in [2.24, 2.45) is 0 Å². The maximum atomic E-state index is 12.0. The number of aliphatic carboxylic acids is 1. The van der Waals surface area contributed by atoms with Gasteiger partial charge >= 0.3 is 5.97 Å². The fourth-order valence-electron chi connectivity index (χ4n) is 1.93. The number of amides is 1. The lowest BCUT2D eigenvalue weighted by molar-refractivity contribution is -0.137. The van der Waals surface area contributed by atoms with Crippen LogP contribution in [0.5, 0.6) is 0 Å². The molecular weight excluding hydrogens is 346 g/mol. The highest BCUT2D eigenvalue weighted by Gasteiger charge is 2.13. The van der Waals surface area contributed by atoms with Gasteiger partial charge in [-0.2, -0.15) is 4.68 Å². The predicted octanol–water partition coefficient (Wildman–Crippen LogP) is 0.409. The molecule has 2 aromatic rings. The van der Waals surface area contributed by atoms with Gasteiger partial charge in [0, 0.05) is 12.1 Å². The predicted molar refractivity (Wildman–Crippen MR) is 92.9 cm³/mol. The number of nitrogen functional groups attached to an aromatic ring is 1. The van der Waals surface area contributed by atoms with Crippen molar-refractivity contribution in [3.8, 4) is 0 Å². The number of carbonyl (C=O) groups is 2. The van der Waals surface area contributed by atoms with Crippen molar-refractivity contribution < 1.29 is 14.7 Å². The monoisotopic (exact) mass is 363 g/mol. The summed E-state index contributed by atoms with van der Waals surface area (Å²) in [7, 11) is 0. The number of benzene rings is 1. The van der Waals surface area contributed by atoms with Crippen LogP contribution in [0.4, 0.5) is 5.69 Å². The molecule has 0 aliphatic heterocycles. The van der Waals surface area contributed by atoms with E-state index in [4.69, 9.17) is 10.9 Å². The van der Waals surface area contributed by atoms with Gasteiger partial charge in [-0.3, -0.25) is 14.4 Å². The Labute approximate surface area is 147 Å². The molecule has 0 atom stereocenters. The highest BCUT2D eigenvalue weighted by Crippen LogP contribution is 2.15. The fraction of sp³-hybridized carbons (Fsp3) is 0.267. The highest BCUT2D eigenvalue weighted by atomic mass is 32.2. The van der Waals surface area contributed by atoms with E-state index in [0.29, 0.717) is 5.69 Å². The summed E-state index contributed by atoms with van der Waals surface area (Å²) in [6.45, 7) is 1.88. The van der Waals surface area contributed by atoms with Crippen LogP contribution in [0.25, 0.3) is 0 Å². The molecule has 1 aromatic heterocycles. The van der Waals surface area contributed by atoms with E-state index in [1.807, 2.05) is 25.1 Å². The van der Waals surface area contributed by atoms with E-state index in [-0.39, 0.29) is 35.4 Å². The number of thioether (sulfide) groups is 1. The lowest BCUT2D eigenvalue weighted by Gasteiger charge is -2.09. The van der Waals surface area contributed by atoms with Gasteiger partial charge in [0.05, 0.1) is 12.2 Å². The number of anilines is 1. The van der Waals surface area contributed by atoms with Gasteiger partial charge in [0.1, 0.15) is 5.69 Å². The molecule has 1 amide bonds. The van der Waals surface area contributed by atoms with Crippen LogP contribution in [0, 0.1) is 6.92 Å². The Bertz CT molecular complexity index is 852. The number of nitrogens with two attached hydrogens (primary N) is 1. The van der Waals surface area contributed by atoms with Crippen molar-refractivity contribution in [3.05, 3.63) is 45.9 Å². The third-order valence-corrected chi connectivity index (χ3v) is 4.20. The quantitative estimate of drug-likeness (QED) is 0.474. The molecule has 10 heteroatoms. The van der Waals surface area contributed by atoms with Gasteiger partial charge in [-0.25, -0.2) is 0 Å². The van der Waals surface area contributed by atoms with Crippen molar-refractivity contribution in [2.45, 2.75) is 24.9 Å². The first-order valence-electron chi connectivity index (χ1n) is 7.32. The summed E-state index contributed by atoms with van der Waals surface area (Å²) in [4.78, 5) is 34.6. The zero-order valence-corrected chi connectivity index (χ0v) is 14.2. The Kier molecular flexibility index (Phi) is 6.12. The number of nitrogens with zero attached hydrogens (tertiary/aromatic N) is 3. The van der Waals surface area contributed by atoms with E-state index in [0.717, 1.165) is 22.0 Å². The molecule has 0 spiro atoms. The number of carboxylic acid groups (broad SMARTS) is 1. The minimum absolute atomic E-state index is 0.00583. The molecular formula is C15H17N5O4S. The molecule has 0 unspecified atom stereocenters. The molecule has 9 nitrogen and oxygen atoms in total. The average molecular weight is 363 g/mol. The molecule has 132 valence electrons. The van der Waals surface area contributed by atoms with Gasteiger partial charge in [-0.1, -0.05) is 30.0 Å². The number of para-hydroxylation sites is 1. The van der Waals surface area contributed by atoms with Crippen molar-refractivity contribution in [1.29, 1.82) is 0 Å². The third-order valence-electron chi connectivity index (χ3n) is 3.26. The number of rotatable bonds is 7. The van der Waals surface area contributed by atoms with Crippen LogP contribution in [0.2, 0.25) is 0 Å². The number of aromatic nitrogens is 3. The van der Waals surface area contributed by atoms with E-state index < -0.39 is 11.5 Å². The molecule has 0 saturated heterocycles. The van der Waals surface area contributed by atoms with Crippen LogP contribution < -0.4 is 16.7 Å². The molecule has 2 rings (SSSR count). The van der Waals surface area contributed by atoms with Crippen LogP contribution in [-0.4, -0.2) is 37.6 Å². The Morgan fingerprint density at radius 2 is 2.04 bits per heavy atom. The summed E-state index contributed by atoms with van der Waals surface area (Å²) in [5.74, 6) is 4.33. The average Bonchev–Trinajstić information content (AvgIpc) is 2.57. The molecule has 1 heterocycles. The first-order valence-corrected chi connectivity index (χ1v) is 8.31. The lowest BCUT2D eigenvalue weighted by atomic mass is 10.2. The molecule has 0 fully saturated rings. The minimum atomic E-state index is -1.05. The second-order valence-electron chi connectivity index (χ2n) is 5.15. The van der Waals surface area contributed by atoms with Crippen LogP contribution in [-0.2, 0) is 16.0 Å². The molecule has 25 heavy (non-hydrogen) atoms. The van der Waals surface area contributed by atoms with Gasteiger partial charge in [0.25, 0.3) is 5.56 Å². The normalized spacial score (nSPS) is 10.4. The van der Waals surface area contributed by atoms with E-state index in [9.17, 15) is 14.4 Å². The smallest absolute Gasteiger partial charge is 0.303 e. The fourth-order valence-corrected chi connectivity index (χ4v) is 2.58. The number of nitrogens with one attached hydrogen (secondary N) is 1. The third kappa shape index (κ3) is 5.05. The second-order valence-corrected chi connectivity index (χ2v) is 6.09. The molecule has 0 aliphatic rings. The van der Waals surface area contributed by atoms with E-state index in [2.05, 4.69) is 15.5 Å². The number of carboxylic acids is 1. The molecule has 0 aliphatic carbocycles. The van der Waals surface area contributed by atoms with Gasteiger partial charge in [-0.05, 0) is 18.6 Å². The maximum absolute atomic E-state index is 12.0. The van der Waals surface area contributed by atoms with Crippen LogP contribution in [0.1, 0.15) is 17.7 Å². The topological polar surface area (TPSA) is 140 Å². The number of hydrogen-bond donors (Lipinski definition) is 3. The van der Waals surface area contributed by atoms with E-state index >= 15 is 0 Å². The van der Waals surface area contributed by atoms with Crippen LogP contribution in [0.15, 0.2) is 34.2 Å². The molecule has 0 radical (unpaired) electrons. The van der Waals surface area contributed by atoms with Crippen molar-refractivity contribution in [1.82, 2.24) is 14.9 Å². The van der Waals surface area contributed by atoms with Crippen molar-refractivity contribution in [2.75, 3.05) is 16.9 Å². The Balaban J connectivity index is 2.00. The maximum Gasteiger partial charge on any atom is 0.303 e. The van der Waals surface area contributed by atoms with Gasteiger partial charge in [0.15, 0.2) is 0 Å². The molecule has 1 aromatic carbocycles. The van der Waals surface area contributed by atoms with Crippen molar-refractivity contribution >= 4 is 29.3 Å². The Hall–Kier alpha value is -2.88. The van der Waals surface area contributed by atoms with Crippen LogP contribution in [0.3, 0.4) is 0 Å². The summed E-state index contributed by atoms with van der Waals surface area (Å²) in [5.41, 5.74) is 0.976. The lowest BCUT2D eigenvalue weighted by Crippen LogP contribution is -2.34. The summed E-state index contributed by atoms with van der Waals surface area (Å²) >= 11 is 0.964. The summed E-state index contributed by atoms with van der Waals surface area (Å²) in [6.07, 6.45) is -0.299. The highest BCUT2D eigenvalue weighted by molar-refractivity contribution is 7.99. The Morgan fingerprint density at radius 1 is 1.32 bits per heavy atom. The minimum Gasteiger partial charge on any atom is -0.481 e. The molecule has 0 bridgehead atoms. The Morgan fingerprint density at radius 3 is 2.72 bits per heavy atom. The standard InChI is InChI=1S/C15H17N5O4S/c1-9-4-2-3-5-10(9)17-12(21)8-25-15-19-18-11(6-7-13(22)23)14(24)20(15)16/h2-5H,6-8,16H2,1H3,(H,17,21)(H,22,23). The molecule has 4 N–H and O–H groups in total. The van der Waals surface area contributed by atoms with Gasteiger partial charge < -0.3 is 16.3 Å². The van der Waals surface area contributed by atoms with E-state index in [1.165, 1.54) is 0 Å². The number of hydrogen-bond acceptors (Lipinski definition) is 7. The molecule has 0 saturated carbocycles. The van der Waals surface area contributed by atoms with Crippen LogP contribution >= 0.6 is 11.8 Å². The SMILES string of the molecule is Cc1ccccc1NC(=O)CSc1nnc(CCC(=O)O)c(=O)n1N. The summed E-state index contributed by atoms with van der Waals surface area (Å²) in [5, 5.41) is 19.0.